The number of ether oxygens (including phenoxy) is 1. The van der Waals surface area contributed by atoms with Gasteiger partial charge in [0, 0.05) is 24.2 Å². The standard InChI is InChI=1S/C21H20FN3O3/c1-27-18-9-7-14(8-10-18)19-23-20(28-24-19)16-5-3-11-25(13-16)21(26)15-4-2-6-17(22)12-15/h2,4,6-10,12,16H,3,5,11,13H2,1H3/t16-/m0/s1. The zero-order valence-electron chi connectivity index (χ0n) is 15.5. The lowest BCUT2D eigenvalue weighted by Crippen LogP contribution is -2.39. The van der Waals surface area contributed by atoms with Gasteiger partial charge in [0.25, 0.3) is 5.91 Å². The number of amides is 1. The molecular weight excluding hydrogens is 361 g/mol. The van der Waals surface area contributed by atoms with E-state index in [1.807, 2.05) is 24.3 Å². The summed E-state index contributed by atoms with van der Waals surface area (Å²) in [4.78, 5) is 18.9. The predicted molar refractivity (Wildman–Crippen MR) is 101 cm³/mol. The van der Waals surface area contributed by atoms with Gasteiger partial charge in [-0.3, -0.25) is 4.79 Å². The van der Waals surface area contributed by atoms with Crippen molar-refractivity contribution in [2.45, 2.75) is 18.8 Å². The van der Waals surface area contributed by atoms with E-state index in [1.165, 1.54) is 12.1 Å². The molecule has 7 heteroatoms. The van der Waals surface area contributed by atoms with E-state index >= 15 is 0 Å². The number of methoxy groups -OCH3 is 1. The van der Waals surface area contributed by atoms with E-state index in [2.05, 4.69) is 10.1 Å². The smallest absolute Gasteiger partial charge is 0.253 e. The lowest BCUT2D eigenvalue weighted by atomic mass is 9.97. The second-order valence-corrected chi connectivity index (χ2v) is 6.79. The number of rotatable bonds is 4. The number of hydrogen-bond donors (Lipinski definition) is 0. The summed E-state index contributed by atoms with van der Waals surface area (Å²) >= 11 is 0. The Morgan fingerprint density at radius 3 is 2.82 bits per heavy atom. The first-order valence-corrected chi connectivity index (χ1v) is 9.17. The summed E-state index contributed by atoms with van der Waals surface area (Å²) in [6, 6.07) is 13.2. The molecular formula is C21H20FN3O3. The van der Waals surface area contributed by atoms with Crippen molar-refractivity contribution in [2.75, 3.05) is 20.2 Å². The largest absolute Gasteiger partial charge is 0.497 e. The molecule has 1 fully saturated rings. The number of piperidine rings is 1. The van der Waals surface area contributed by atoms with Crippen LogP contribution in [0.3, 0.4) is 0 Å². The lowest BCUT2D eigenvalue weighted by Gasteiger charge is -2.31. The van der Waals surface area contributed by atoms with Gasteiger partial charge >= 0.3 is 0 Å². The van der Waals surface area contributed by atoms with Gasteiger partial charge < -0.3 is 14.2 Å². The van der Waals surface area contributed by atoms with Crippen molar-refractivity contribution >= 4 is 5.91 Å². The number of nitrogens with zero attached hydrogens (tertiary/aromatic N) is 3. The van der Waals surface area contributed by atoms with Crippen LogP contribution in [-0.2, 0) is 0 Å². The Hall–Kier alpha value is -3.22. The summed E-state index contributed by atoms with van der Waals surface area (Å²) in [5.41, 5.74) is 1.18. The minimum atomic E-state index is -0.416. The molecule has 0 radical (unpaired) electrons. The van der Waals surface area contributed by atoms with Crippen molar-refractivity contribution in [1.29, 1.82) is 0 Å². The van der Waals surface area contributed by atoms with Crippen LogP contribution in [0, 0.1) is 5.82 Å². The normalized spacial score (nSPS) is 16.8. The van der Waals surface area contributed by atoms with Crippen molar-refractivity contribution < 1.29 is 18.4 Å². The molecule has 144 valence electrons. The molecule has 28 heavy (non-hydrogen) atoms. The lowest BCUT2D eigenvalue weighted by molar-refractivity contribution is 0.0695. The summed E-state index contributed by atoms with van der Waals surface area (Å²) in [6.07, 6.45) is 1.68. The predicted octanol–water partition coefficient (Wildman–Crippen LogP) is 3.90. The molecule has 0 unspecified atom stereocenters. The van der Waals surface area contributed by atoms with Crippen molar-refractivity contribution in [1.82, 2.24) is 15.0 Å². The van der Waals surface area contributed by atoms with E-state index in [0.29, 0.717) is 30.4 Å². The van der Waals surface area contributed by atoms with Gasteiger partial charge in [-0.15, -0.1) is 0 Å². The Morgan fingerprint density at radius 2 is 2.07 bits per heavy atom. The number of hydrogen-bond acceptors (Lipinski definition) is 5. The Labute approximate surface area is 161 Å². The Balaban J connectivity index is 1.49. The molecule has 6 nitrogen and oxygen atoms in total. The minimum absolute atomic E-state index is 0.0363. The van der Waals surface area contributed by atoms with Gasteiger partial charge in [0.15, 0.2) is 0 Å². The Bertz CT molecular complexity index is 971. The molecule has 1 amide bonds. The first kappa shape index (κ1) is 18.2. The van der Waals surface area contributed by atoms with Crippen LogP contribution in [0.25, 0.3) is 11.4 Å². The topological polar surface area (TPSA) is 68.5 Å². The molecule has 0 spiro atoms. The van der Waals surface area contributed by atoms with E-state index in [9.17, 15) is 9.18 Å². The first-order chi connectivity index (χ1) is 13.6. The number of aromatic nitrogens is 2. The second kappa shape index (κ2) is 7.80. The van der Waals surface area contributed by atoms with Gasteiger partial charge in [-0.2, -0.15) is 4.98 Å². The van der Waals surface area contributed by atoms with Crippen LogP contribution in [0.1, 0.15) is 35.0 Å². The van der Waals surface area contributed by atoms with Gasteiger partial charge in [0.2, 0.25) is 11.7 Å². The molecule has 0 saturated carbocycles. The monoisotopic (exact) mass is 381 g/mol. The maximum Gasteiger partial charge on any atom is 0.253 e. The SMILES string of the molecule is COc1ccc(-c2noc([C@H]3CCCN(C(=O)c4cccc(F)c4)C3)n2)cc1. The molecule has 4 rings (SSSR count). The number of carbonyl (C=O) groups is 1. The van der Waals surface area contributed by atoms with Gasteiger partial charge in [-0.25, -0.2) is 4.39 Å². The highest BCUT2D eigenvalue weighted by Crippen LogP contribution is 2.29. The highest BCUT2D eigenvalue weighted by atomic mass is 19.1. The van der Waals surface area contributed by atoms with Gasteiger partial charge in [-0.1, -0.05) is 11.2 Å². The van der Waals surface area contributed by atoms with E-state index in [-0.39, 0.29) is 11.8 Å². The molecule has 2 aromatic carbocycles. The molecule has 1 aliphatic rings. The Morgan fingerprint density at radius 1 is 1.25 bits per heavy atom. The van der Waals surface area contributed by atoms with Crippen molar-refractivity contribution in [3.05, 3.63) is 65.8 Å². The molecule has 0 bridgehead atoms. The molecule has 1 atom stereocenters. The minimum Gasteiger partial charge on any atom is -0.497 e. The number of carbonyl (C=O) groups excluding carboxylic acids is 1. The van der Waals surface area contributed by atoms with E-state index in [1.54, 1.807) is 24.1 Å². The van der Waals surface area contributed by atoms with Crippen LogP contribution in [0.15, 0.2) is 53.1 Å². The summed E-state index contributed by atoms with van der Waals surface area (Å²) in [7, 11) is 1.61. The summed E-state index contributed by atoms with van der Waals surface area (Å²) in [5.74, 6) is 1.14. The van der Waals surface area contributed by atoms with Crippen LogP contribution in [0.5, 0.6) is 5.75 Å². The maximum absolute atomic E-state index is 13.4. The third-order valence-corrected chi connectivity index (χ3v) is 4.92. The fourth-order valence-corrected chi connectivity index (χ4v) is 3.43. The molecule has 3 aromatic rings. The fraction of sp³-hybridized carbons (Fsp3) is 0.286. The molecule has 1 aromatic heterocycles. The van der Waals surface area contributed by atoms with E-state index in [4.69, 9.17) is 9.26 Å². The third kappa shape index (κ3) is 3.74. The number of likely N-dealkylation sites (tertiary alicyclic amines) is 1. The van der Waals surface area contributed by atoms with Gasteiger partial charge in [-0.05, 0) is 55.3 Å². The zero-order chi connectivity index (χ0) is 19.5. The van der Waals surface area contributed by atoms with Crippen LogP contribution in [0.2, 0.25) is 0 Å². The average molecular weight is 381 g/mol. The molecule has 0 aliphatic carbocycles. The van der Waals surface area contributed by atoms with Crippen molar-refractivity contribution in [3.63, 3.8) is 0 Å². The highest BCUT2D eigenvalue weighted by molar-refractivity contribution is 5.94. The summed E-state index contributed by atoms with van der Waals surface area (Å²) in [6.45, 7) is 1.10. The quantitative estimate of drug-likeness (QED) is 0.686. The van der Waals surface area contributed by atoms with Crippen molar-refractivity contribution in [3.8, 4) is 17.1 Å². The van der Waals surface area contributed by atoms with Crippen molar-refractivity contribution in [2.24, 2.45) is 0 Å². The van der Waals surface area contributed by atoms with Gasteiger partial charge in [0.05, 0.1) is 13.0 Å². The first-order valence-electron chi connectivity index (χ1n) is 9.17. The fourth-order valence-electron chi connectivity index (χ4n) is 3.43. The molecule has 1 saturated heterocycles. The van der Waals surface area contributed by atoms with Gasteiger partial charge in [0.1, 0.15) is 11.6 Å². The van der Waals surface area contributed by atoms with E-state index < -0.39 is 5.82 Å². The Kier molecular flexibility index (Phi) is 5.06. The van der Waals surface area contributed by atoms with Crippen LogP contribution >= 0.6 is 0 Å². The van der Waals surface area contributed by atoms with Crippen LogP contribution in [0.4, 0.5) is 4.39 Å². The average Bonchev–Trinajstić information content (AvgIpc) is 3.24. The maximum atomic E-state index is 13.4. The number of halogens is 1. The molecule has 0 N–H and O–H groups in total. The molecule has 2 heterocycles. The second-order valence-electron chi connectivity index (χ2n) is 6.79. The zero-order valence-corrected chi connectivity index (χ0v) is 15.5. The summed E-state index contributed by atoms with van der Waals surface area (Å²) in [5, 5.41) is 4.08. The number of benzene rings is 2. The van der Waals surface area contributed by atoms with Crippen LogP contribution < -0.4 is 4.74 Å². The molecule has 1 aliphatic heterocycles. The van der Waals surface area contributed by atoms with Crippen LogP contribution in [-0.4, -0.2) is 41.1 Å². The van der Waals surface area contributed by atoms with E-state index in [0.717, 1.165) is 24.2 Å². The summed E-state index contributed by atoms with van der Waals surface area (Å²) < 4.78 is 24.1. The highest BCUT2D eigenvalue weighted by Gasteiger charge is 2.29. The third-order valence-electron chi connectivity index (χ3n) is 4.92.